The Morgan fingerprint density at radius 1 is 1.05 bits per heavy atom. The van der Waals surface area contributed by atoms with Crippen molar-refractivity contribution in [3.05, 3.63) is 69.0 Å². The van der Waals surface area contributed by atoms with Gasteiger partial charge >= 0.3 is 0 Å². The van der Waals surface area contributed by atoms with Gasteiger partial charge in [-0.2, -0.15) is 0 Å². The van der Waals surface area contributed by atoms with Gasteiger partial charge < -0.3 is 4.98 Å². The van der Waals surface area contributed by atoms with E-state index in [1.165, 1.54) is 0 Å². The number of hydrogen-bond acceptors (Lipinski definition) is 1. The van der Waals surface area contributed by atoms with E-state index in [0.29, 0.717) is 9.79 Å². The summed E-state index contributed by atoms with van der Waals surface area (Å²) in [6.45, 7) is 0. The molecule has 2 aromatic carbocycles. The van der Waals surface area contributed by atoms with Crippen molar-refractivity contribution in [2.45, 2.75) is 0 Å². The zero-order valence-corrected chi connectivity index (χ0v) is 13.5. The highest BCUT2D eigenvalue weighted by Gasteiger charge is 2.12. The van der Waals surface area contributed by atoms with Crippen molar-refractivity contribution in [1.82, 2.24) is 9.55 Å². The number of halogens is 2. The fraction of sp³-hybridized carbons (Fsp3) is 0. The third-order valence-corrected chi connectivity index (χ3v) is 4.70. The summed E-state index contributed by atoms with van der Waals surface area (Å²) in [6.07, 6.45) is 1.91. The number of H-pyrrole nitrogens is 1. The Hall–Kier alpha value is -1.36. The van der Waals surface area contributed by atoms with E-state index in [1.807, 2.05) is 59.3 Å². The molecule has 3 aromatic rings. The molecule has 0 saturated carbocycles. The summed E-state index contributed by atoms with van der Waals surface area (Å²) >= 11 is 15.1. The number of imidazole rings is 1. The molecule has 100 valence electrons. The zero-order valence-electron chi connectivity index (χ0n) is 10.3. The third-order valence-electron chi connectivity index (χ3n) is 3.02. The Morgan fingerprint density at radius 2 is 1.80 bits per heavy atom. The van der Waals surface area contributed by atoms with Gasteiger partial charge in [0.2, 0.25) is 0 Å². The van der Waals surface area contributed by atoms with Crippen molar-refractivity contribution >= 4 is 39.7 Å². The Labute approximate surface area is 135 Å². The molecule has 0 amide bonds. The summed E-state index contributed by atoms with van der Waals surface area (Å²) < 4.78 is 3.43. The third kappa shape index (κ3) is 2.35. The lowest BCUT2D eigenvalue weighted by molar-refractivity contribution is 1.03. The molecule has 1 aromatic heterocycles. The maximum atomic E-state index is 6.18. The van der Waals surface area contributed by atoms with Crippen LogP contribution in [0.2, 0.25) is 5.02 Å². The van der Waals surface area contributed by atoms with E-state index >= 15 is 0 Å². The van der Waals surface area contributed by atoms with Crippen molar-refractivity contribution in [3.63, 3.8) is 0 Å². The minimum absolute atomic E-state index is 0.631. The van der Waals surface area contributed by atoms with E-state index in [1.54, 1.807) is 0 Å². The van der Waals surface area contributed by atoms with Crippen LogP contribution in [-0.2, 0) is 0 Å². The van der Waals surface area contributed by atoms with Gasteiger partial charge in [0.05, 0.1) is 20.9 Å². The first-order valence-corrected chi connectivity index (χ1v) is 7.56. The van der Waals surface area contributed by atoms with Crippen LogP contribution in [0.5, 0.6) is 0 Å². The fourth-order valence-electron chi connectivity index (χ4n) is 2.09. The smallest absolute Gasteiger partial charge is 0.182 e. The van der Waals surface area contributed by atoms with Crippen molar-refractivity contribution in [1.29, 1.82) is 0 Å². The lowest BCUT2D eigenvalue weighted by Crippen LogP contribution is -1.98. The first-order chi connectivity index (χ1) is 9.68. The summed E-state index contributed by atoms with van der Waals surface area (Å²) in [4.78, 5) is 3.09. The molecule has 5 heteroatoms. The average molecular weight is 366 g/mol. The predicted octanol–water partition coefficient (Wildman–Crippen LogP) is 5.62. The SMILES string of the molecule is S=c1[nH]cc(-c2ccccc2)n1-c1cccc(Cl)c1Br. The topological polar surface area (TPSA) is 20.7 Å². The Bertz CT molecular complexity index is 808. The van der Waals surface area contributed by atoms with Crippen molar-refractivity contribution in [2.75, 3.05) is 0 Å². The number of hydrogen-bond donors (Lipinski definition) is 1. The molecule has 20 heavy (non-hydrogen) atoms. The minimum atomic E-state index is 0.631. The maximum Gasteiger partial charge on any atom is 0.182 e. The monoisotopic (exact) mass is 364 g/mol. The standard InChI is InChI=1S/C15H10BrClN2S/c16-14-11(17)7-4-8-12(14)19-13(9-18-15(19)20)10-5-2-1-3-6-10/h1-9H,(H,18,20). The van der Waals surface area contributed by atoms with Gasteiger partial charge in [-0.05, 0) is 40.3 Å². The van der Waals surface area contributed by atoms with Crippen LogP contribution in [0.1, 0.15) is 0 Å². The second-order valence-corrected chi connectivity index (χ2v) is 5.84. The number of nitrogens with zero attached hydrogens (tertiary/aromatic N) is 1. The van der Waals surface area contributed by atoms with Gasteiger partial charge in [0.15, 0.2) is 4.77 Å². The number of aromatic nitrogens is 2. The Balaban J connectivity index is 2.28. The quantitative estimate of drug-likeness (QED) is 0.585. The van der Waals surface area contributed by atoms with Gasteiger partial charge in [0, 0.05) is 11.8 Å². The van der Waals surface area contributed by atoms with Gasteiger partial charge in [-0.3, -0.25) is 4.57 Å². The van der Waals surface area contributed by atoms with E-state index in [4.69, 9.17) is 23.8 Å². The number of nitrogens with one attached hydrogen (secondary N) is 1. The fourth-order valence-corrected chi connectivity index (χ4v) is 2.96. The molecule has 0 spiro atoms. The molecule has 0 aliphatic heterocycles. The summed E-state index contributed by atoms with van der Waals surface area (Å²) in [7, 11) is 0. The van der Waals surface area contributed by atoms with Crippen LogP contribution in [0.4, 0.5) is 0 Å². The van der Waals surface area contributed by atoms with Gasteiger partial charge in [0.25, 0.3) is 0 Å². The summed E-state index contributed by atoms with van der Waals surface area (Å²) in [6, 6.07) is 15.8. The highest BCUT2D eigenvalue weighted by molar-refractivity contribution is 9.10. The van der Waals surface area contributed by atoms with Crippen LogP contribution in [0.15, 0.2) is 59.2 Å². The molecular weight excluding hydrogens is 356 g/mol. The van der Waals surface area contributed by atoms with Crippen LogP contribution in [0, 0.1) is 4.77 Å². The minimum Gasteiger partial charge on any atom is -0.336 e. The van der Waals surface area contributed by atoms with Crippen molar-refractivity contribution in [3.8, 4) is 16.9 Å². The van der Waals surface area contributed by atoms with Crippen LogP contribution in [0.3, 0.4) is 0 Å². The molecule has 2 nitrogen and oxygen atoms in total. The largest absolute Gasteiger partial charge is 0.336 e. The molecule has 0 atom stereocenters. The van der Waals surface area contributed by atoms with E-state index < -0.39 is 0 Å². The number of rotatable bonds is 2. The second-order valence-electron chi connectivity index (χ2n) is 4.25. The van der Waals surface area contributed by atoms with Crippen molar-refractivity contribution in [2.24, 2.45) is 0 Å². The van der Waals surface area contributed by atoms with Crippen LogP contribution in [-0.4, -0.2) is 9.55 Å². The Morgan fingerprint density at radius 3 is 2.55 bits per heavy atom. The van der Waals surface area contributed by atoms with E-state index in [9.17, 15) is 0 Å². The molecule has 0 unspecified atom stereocenters. The molecule has 1 N–H and O–H groups in total. The van der Waals surface area contributed by atoms with E-state index in [0.717, 1.165) is 21.4 Å². The average Bonchev–Trinajstić information content (AvgIpc) is 2.85. The zero-order chi connectivity index (χ0) is 14.1. The van der Waals surface area contributed by atoms with Gasteiger partial charge in [-0.1, -0.05) is 48.0 Å². The first kappa shape index (κ1) is 13.6. The Kier molecular flexibility index (Phi) is 3.78. The first-order valence-electron chi connectivity index (χ1n) is 5.98. The van der Waals surface area contributed by atoms with Crippen molar-refractivity contribution < 1.29 is 0 Å². The molecule has 3 rings (SSSR count). The second kappa shape index (κ2) is 5.56. The van der Waals surface area contributed by atoms with E-state index in [-0.39, 0.29) is 0 Å². The molecule has 0 fully saturated rings. The molecule has 0 radical (unpaired) electrons. The lowest BCUT2D eigenvalue weighted by atomic mass is 10.1. The summed E-state index contributed by atoms with van der Waals surface area (Å²) in [5.74, 6) is 0. The molecule has 0 aliphatic carbocycles. The molecule has 0 aliphatic rings. The predicted molar refractivity (Wildman–Crippen MR) is 89.1 cm³/mol. The molecule has 0 bridgehead atoms. The molecule has 0 saturated heterocycles. The van der Waals surface area contributed by atoms with E-state index in [2.05, 4.69) is 20.9 Å². The maximum absolute atomic E-state index is 6.18. The number of aromatic amines is 1. The highest BCUT2D eigenvalue weighted by Crippen LogP contribution is 2.32. The molecule has 1 heterocycles. The van der Waals surface area contributed by atoms with Gasteiger partial charge in [-0.25, -0.2) is 0 Å². The summed E-state index contributed by atoms with van der Waals surface area (Å²) in [5.41, 5.74) is 3.01. The lowest BCUT2D eigenvalue weighted by Gasteiger charge is -2.11. The number of benzene rings is 2. The van der Waals surface area contributed by atoms with Crippen LogP contribution >= 0.6 is 39.7 Å². The van der Waals surface area contributed by atoms with Crippen LogP contribution in [0.25, 0.3) is 16.9 Å². The normalized spacial score (nSPS) is 10.7. The van der Waals surface area contributed by atoms with Gasteiger partial charge in [-0.15, -0.1) is 0 Å². The molecular formula is C15H10BrClN2S. The summed E-state index contributed by atoms with van der Waals surface area (Å²) in [5, 5.41) is 0.657. The van der Waals surface area contributed by atoms with Crippen LogP contribution < -0.4 is 0 Å². The van der Waals surface area contributed by atoms with Gasteiger partial charge in [0.1, 0.15) is 0 Å². The highest BCUT2D eigenvalue weighted by atomic mass is 79.9.